The van der Waals surface area contributed by atoms with E-state index in [1.54, 1.807) is 7.11 Å². The Bertz CT molecular complexity index is 637. The molecule has 110 valence electrons. The molecule has 0 saturated carbocycles. The fourth-order valence-electron chi connectivity index (χ4n) is 2.04. The van der Waals surface area contributed by atoms with E-state index in [1.165, 1.54) is 0 Å². The van der Waals surface area contributed by atoms with Crippen LogP contribution in [0.15, 0.2) is 24.3 Å². The van der Waals surface area contributed by atoms with Crippen molar-refractivity contribution in [2.45, 2.75) is 0 Å². The Morgan fingerprint density at radius 2 is 2.10 bits per heavy atom. The number of methoxy groups -OCH3 is 1. The van der Waals surface area contributed by atoms with Crippen LogP contribution < -0.4 is 5.32 Å². The monoisotopic (exact) mass is 285 g/mol. The van der Waals surface area contributed by atoms with Gasteiger partial charge in [0.25, 0.3) is 0 Å². The third-order valence-corrected chi connectivity index (χ3v) is 3.25. The molecule has 21 heavy (non-hydrogen) atoms. The number of aromatic nitrogens is 2. The van der Waals surface area contributed by atoms with Crippen LogP contribution in [0.2, 0.25) is 0 Å². The Morgan fingerprint density at radius 1 is 1.29 bits per heavy atom. The summed E-state index contributed by atoms with van der Waals surface area (Å²) in [6.07, 6.45) is 0. The third-order valence-electron chi connectivity index (χ3n) is 3.25. The highest BCUT2D eigenvalue weighted by molar-refractivity contribution is 5.92. The maximum absolute atomic E-state index is 9.18. The summed E-state index contributed by atoms with van der Waals surface area (Å²) in [7, 11) is 3.73. The van der Waals surface area contributed by atoms with Gasteiger partial charge in [0.2, 0.25) is 0 Å². The molecule has 1 heterocycles. The van der Waals surface area contributed by atoms with E-state index in [0.29, 0.717) is 12.3 Å². The van der Waals surface area contributed by atoms with Gasteiger partial charge in [0, 0.05) is 32.1 Å². The average Bonchev–Trinajstić information content (AvgIpc) is 2.53. The highest BCUT2D eigenvalue weighted by atomic mass is 16.5. The minimum atomic E-state index is 0.327. The van der Waals surface area contributed by atoms with Gasteiger partial charge in [-0.2, -0.15) is 5.26 Å². The number of fused-ring (bicyclic) bond motifs is 1. The minimum Gasteiger partial charge on any atom is -0.383 e. The molecule has 1 aromatic carbocycles. The zero-order valence-corrected chi connectivity index (χ0v) is 12.3. The minimum absolute atomic E-state index is 0.327. The number of nitrogens with zero attached hydrogens (tertiary/aromatic N) is 4. The zero-order valence-electron chi connectivity index (χ0n) is 12.3. The van der Waals surface area contributed by atoms with Gasteiger partial charge in [0.15, 0.2) is 5.69 Å². The molecule has 0 spiro atoms. The van der Waals surface area contributed by atoms with Crippen LogP contribution in [0.4, 0.5) is 5.69 Å². The van der Waals surface area contributed by atoms with Gasteiger partial charge in [-0.15, -0.1) is 10.2 Å². The van der Waals surface area contributed by atoms with E-state index in [-0.39, 0.29) is 0 Å². The van der Waals surface area contributed by atoms with Crippen molar-refractivity contribution < 1.29 is 4.74 Å². The Kier molecular flexibility index (Phi) is 5.43. The van der Waals surface area contributed by atoms with E-state index in [9.17, 15) is 5.26 Å². The lowest BCUT2D eigenvalue weighted by Gasteiger charge is -2.17. The first-order chi connectivity index (χ1) is 10.3. The molecular formula is C15H19N5O. The highest BCUT2D eigenvalue weighted by Crippen LogP contribution is 2.23. The summed E-state index contributed by atoms with van der Waals surface area (Å²) in [6.45, 7) is 3.16. The SMILES string of the molecule is COCCN(C)CCNc1c(C#N)nnc2ccccc12. The van der Waals surface area contributed by atoms with Crippen molar-refractivity contribution in [3.8, 4) is 6.07 Å². The van der Waals surface area contributed by atoms with Crippen LogP contribution in [0, 0.1) is 11.3 Å². The number of hydrogen-bond donors (Lipinski definition) is 1. The second kappa shape index (κ2) is 7.53. The molecule has 0 saturated heterocycles. The van der Waals surface area contributed by atoms with Crippen LogP contribution in [0.5, 0.6) is 0 Å². The van der Waals surface area contributed by atoms with Gasteiger partial charge in [0.1, 0.15) is 6.07 Å². The third kappa shape index (κ3) is 3.88. The topological polar surface area (TPSA) is 74.1 Å². The summed E-state index contributed by atoms with van der Waals surface area (Å²) in [6, 6.07) is 9.76. The summed E-state index contributed by atoms with van der Waals surface area (Å²) < 4.78 is 5.05. The van der Waals surface area contributed by atoms with Crippen LogP contribution in [0.1, 0.15) is 5.69 Å². The summed E-state index contributed by atoms with van der Waals surface area (Å²) in [5.41, 5.74) is 1.86. The number of nitrogens with one attached hydrogen (secondary N) is 1. The number of nitriles is 1. The summed E-state index contributed by atoms with van der Waals surface area (Å²) in [5, 5.41) is 21.4. The van der Waals surface area contributed by atoms with Gasteiger partial charge in [0.05, 0.1) is 17.8 Å². The summed E-state index contributed by atoms with van der Waals surface area (Å²) >= 11 is 0. The van der Waals surface area contributed by atoms with Crippen molar-refractivity contribution in [2.24, 2.45) is 0 Å². The van der Waals surface area contributed by atoms with Gasteiger partial charge >= 0.3 is 0 Å². The zero-order chi connectivity index (χ0) is 15.1. The van der Waals surface area contributed by atoms with Crippen molar-refractivity contribution in [3.05, 3.63) is 30.0 Å². The second-order valence-corrected chi connectivity index (χ2v) is 4.78. The molecule has 0 bridgehead atoms. The molecule has 0 amide bonds. The van der Waals surface area contributed by atoms with Gasteiger partial charge < -0.3 is 15.0 Å². The average molecular weight is 285 g/mol. The first kappa shape index (κ1) is 15.2. The van der Waals surface area contributed by atoms with Crippen molar-refractivity contribution in [1.29, 1.82) is 5.26 Å². The standard InChI is InChI=1S/C15H19N5O/c1-20(9-10-21-2)8-7-17-15-12-5-3-4-6-13(12)18-19-14(15)11-16/h3-6H,7-10H2,1-2H3,(H,17,18). The number of hydrogen-bond acceptors (Lipinski definition) is 6. The molecule has 6 heteroatoms. The molecule has 0 atom stereocenters. The van der Waals surface area contributed by atoms with Crippen molar-refractivity contribution in [2.75, 3.05) is 45.7 Å². The lowest BCUT2D eigenvalue weighted by molar-refractivity contribution is 0.163. The predicted octanol–water partition coefficient (Wildman–Crippen LogP) is 1.49. The summed E-state index contributed by atoms with van der Waals surface area (Å²) in [4.78, 5) is 2.17. The molecule has 1 N–H and O–H groups in total. The number of rotatable bonds is 7. The fraction of sp³-hybridized carbons (Fsp3) is 0.400. The smallest absolute Gasteiger partial charge is 0.186 e. The lowest BCUT2D eigenvalue weighted by Crippen LogP contribution is -2.28. The molecule has 1 aromatic heterocycles. The maximum atomic E-state index is 9.18. The Morgan fingerprint density at radius 3 is 2.86 bits per heavy atom. The van der Waals surface area contributed by atoms with Crippen LogP contribution >= 0.6 is 0 Å². The van der Waals surface area contributed by atoms with Crippen molar-refractivity contribution in [1.82, 2.24) is 15.1 Å². The van der Waals surface area contributed by atoms with E-state index in [2.05, 4.69) is 26.5 Å². The molecule has 0 radical (unpaired) electrons. The quantitative estimate of drug-likeness (QED) is 0.831. The number of benzene rings is 1. The van der Waals surface area contributed by atoms with Gasteiger partial charge in [-0.05, 0) is 13.1 Å². The molecule has 2 rings (SSSR count). The Hall–Kier alpha value is -2.23. The molecule has 0 aliphatic rings. The summed E-state index contributed by atoms with van der Waals surface area (Å²) in [5.74, 6) is 0. The second-order valence-electron chi connectivity index (χ2n) is 4.78. The van der Waals surface area contributed by atoms with Gasteiger partial charge in [-0.3, -0.25) is 0 Å². The molecule has 6 nitrogen and oxygen atoms in total. The van der Waals surface area contributed by atoms with Crippen molar-refractivity contribution in [3.63, 3.8) is 0 Å². The van der Waals surface area contributed by atoms with E-state index < -0.39 is 0 Å². The van der Waals surface area contributed by atoms with E-state index >= 15 is 0 Å². The van der Waals surface area contributed by atoms with E-state index in [1.807, 2.05) is 31.3 Å². The number of anilines is 1. The van der Waals surface area contributed by atoms with Crippen LogP contribution in [-0.2, 0) is 4.74 Å². The maximum Gasteiger partial charge on any atom is 0.186 e. The van der Waals surface area contributed by atoms with Gasteiger partial charge in [-0.1, -0.05) is 18.2 Å². The molecule has 0 aliphatic heterocycles. The van der Waals surface area contributed by atoms with Crippen LogP contribution in [0.3, 0.4) is 0 Å². The van der Waals surface area contributed by atoms with Crippen LogP contribution in [-0.4, -0.2) is 55.5 Å². The highest BCUT2D eigenvalue weighted by Gasteiger charge is 2.09. The molecule has 0 fully saturated rings. The fourth-order valence-corrected chi connectivity index (χ4v) is 2.04. The number of ether oxygens (including phenoxy) is 1. The largest absolute Gasteiger partial charge is 0.383 e. The lowest BCUT2D eigenvalue weighted by atomic mass is 10.1. The van der Waals surface area contributed by atoms with Gasteiger partial charge in [-0.25, -0.2) is 0 Å². The van der Waals surface area contributed by atoms with Crippen molar-refractivity contribution >= 4 is 16.6 Å². The number of likely N-dealkylation sites (N-methyl/N-ethyl adjacent to an activating group) is 1. The Labute approximate surface area is 124 Å². The normalized spacial score (nSPS) is 10.8. The van der Waals surface area contributed by atoms with E-state index in [4.69, 9.17) is 4.74 Å². The molecule has 2 aromatic rings. The molecule has 0 unspecified atom stereocenters. The first-order valence-corrected chi connectivity index (χ1v) is 6.83. The van der Waals surface area contributed by atoms with Crippen LogP contribution in [0.25, 0.3) is 10.9 Å². The van der Waals surface area contributed by atoms with E-state index in [0.717, 1.165) is 36.2 Å². The molecular weight excluding hydrogens is 266 g/mol. The predicted molar refractivity (Wildman–Crippen MR) is 82.1 cm³/mol. The first-order valence-electron chi connectivity index (χ1n) is 6.83. The molecule has 0 aliphatic carbocycles. The Balaban J connectivity index is 2.09.